The molecule has 0 saturated carbocycles. The highest BCUT2D eigenvalue weighted by atomic mass is 79.9. The van der Waals surface area contributed by atoms with Crippen molar-refractivity contribution in [2.75, 3.05) is 25.1 Å². The van der Waals surface area contributed by atoms with E-state index in [9.17, 15) is 4.79 Å². The summed E-state index contributed by atoms with van der Waals surface area (Å²) in [4.78, 5) is 11.7. The van der Waals surface area contributed by atoms with E-state index in [1.807, 2.05) is 55.5 Å². The lowest BCUT2D eigenvalue weighted by Crippen LogP contribution is -2.32. The van der Waals surface area contributed by atoms with Crippen LogP contribution in [-0.2, 0) is 0 Å². The number of amides is 2. The summed E-state index contributed by atoms with van der Waals surface area (Å²) in [6.07, 6.45) is 0. The number of anilines is 1. The van der Waals surface area contributed by atoms with E-state index in [-0.39, 0.29) is 6.03 Å². The fourth-order valence-corrected chi connectivity index (χ4v) is 2.27. The van der Waals surface area contributed by atoms with Crippen molar-refractivity contribution in [3.05, 3.63) is 53.0 Å². The molecule has 6 heteroatoms. The molecule has 2 aromatic carbocycles. The van der Waals surface area contributed by atoms with Gasteiger partial charge in [0, 0.05) is 10.2 Å². The van der Waals surface area contributed by atoms with Crippen molar-refractivity contribution in [2.45, 2.75) is 6.92 Å². The standard InChI is InChI=1S/C17H19BrN2O3/c1-2-22-15-6-8-16(9-7-15)23-11-10-19-17(21)20-14-5-3-4-13(18)12-14/h3-9,12H,2,10-11H2,1H3,(H2,19,20,21). The summed E-state index contributed by atoms with van der Waals surface area (Å²) in [6, 6.07) is 14.5. The smallest absolute Gasteiger partial charge is 0.319 e. The minimum absolute atomic E-state index is 0.265. The summed E-state index contributed by atoms with van der Waals surface area (Å²) < 4.78 is 11.8. The molecule has 2 N–H and O–H groups in total. The van der Waals surface area contributed by atoms with Crippen LogP contribution < -0.4 is 20.1 Å². The number of ether oxygens (including phenoxy) is 2. The molecule has 2 amide bonds. The van der Waals surface area contributed by atoms with E-state index in [0.29, 0.717) is 19.8 Å². The van der Waals surface area contributed by atoms with Crippen molar-refractivity contribution >= 4 is 27.6 Å². The molecular formula is C17H19BrN2O3. The van der Waals surface area contributed by atoms with Crippen LogP contribution in [0.4, 0.5) is 10.5 Å². The van der Waals surface area contributed by atoms with Gasteiger partial charge in [-0.05, 0) is 49.4 Å². The van der Waals surface area contributed by atoms with Crippen LogP contribution in [0.3, 0.4) is 0 Å². The second-order valence-corrected chi connectivity index (χ2v) is 5.56. The highest BCUT2D eigenvalue weighted by molar-refractivity contribution is 9.10. The molecule has 5 nitrogen and oxygen atoms in total. The number of hydrogen-bond donors (Lipinski definition) is 2. The predicted molar refractivity (Wildman–Crippen MR) is 94.3 cm³/mol. The lowest BCUT2D eigenvalue weighted by atomic mass is 10.3. The number of carbonyl (C=O) groups excluding carboxylic acids is 1. The van der Waals surface area contributed by atoms with Crippen molar-refractivity contribution in [3.63, 3.8) is 0 Å². The molecule has 23 heavy (non-hydrogen) atoms. The Hall–Kier alpha value is -2.21. The molecule has 0 fully saturated rings. The van der Waals surface area contributed by atoms with E-state index in [4.69, 9.17) is 9.47 Å². The maximum Gasteiger partial charge on any atom is 0.319 e. The molecule has 2 rings (SSSR count). The maximum absolute atomic E-state index is 11.7. The molecule has 2 aromatic rings. The number of urea groups is 1. The van der Waals surface area contributed by atoms with Gasteiger partial charge in [0.25, 0.3) is 0 Å². The summed E-state index contributed by atoms with van der Waals surface area (Å²) in [5.41, 5.74) is 0.726. The highest BCUT2D eigenvalue weighted by Crippen LogP contribution is 2.17. The summed E-state index contributed by atoms with van der Waals surface area (Å²) in [7, 11) is 0. The van der Waals surface area contributed by atoms with Gasteiger partial charge < -0.3 is 20.1 Å². The van der Waals surface area contributed by atoms with Gasteiger partial charge in [-0.3, -0.25) is 0 Å². The Kier molecular flexibility index (Phi) is 6.75. The monoisotopic (exact) mass is 378 g/mol. The van der Waals surface area contributed by atoms with Gasteiger partial charge in [0.2, 0.25) is 0 Å². The Morgan fingerprint density at radius 1 is 1.09 bits per heavy atom. The summed E-state index contributed by atoms with van der Waals surface area (Å²) in [6.45, 7) is 3.37. The fraction of sp³-hybridized carbons (Fsp3) is 0.235. The Morgan fingerprint density at radius 3 is 2.43 bits per heavy atom. The van der Waals surface area contributed by atoms with Gasteiger partial charge in [-0.15, -0.1) is 0 Å². The van der Waals surface area contributed by atoms with Gasteiger partial charge >= 0.3 is 6.03 Å². The van der Waals surface area contributed by atoms with Crippen LogP contribution in [0.5, 0.6) is 11.5 Å². The lowest BCUT2D eigenvalue weighted by molar-refractivity contribution is 0.247. The van der Waals surface area contributed by atoms with Crippen molar-refractivity contribution in [1.29, 1.82) is 0 Å². The number of rotatable bonds is 7. The second kappa shape index (κ2) is 9.05. The van der Waals surface area contributed by atoms with Crippen LogP contribution in [0.15, 0.2) is 53.0 Å². The number of nitrogens with one attached hydrogen (secondary N) is 2. The van der Waals surface area contributed by atoms with E-state index >= 15 is 0 Å². The van der Waals surface area contributed by atoms with Crippen molar-refractivity contribution in [2.24, 2.45) is 0 Å². The average molecular weight is 379 g/mol. The largest absolute Gasteiger partial charge is 0.494 e. The van der Waals surface area contributed by atoms with E-state index in [1.165, 1.54) is 0 Å². The minimum atomic E-state index is -0.265. The second-order valence-electron chi connectivity index (χ2n) is 4.64. The Morgan fingerprint density at radius 2 is 1.78 bits per heavy atom. The van der Waals surface area contributed by atoms with Gasteiger partial charge in [0.1, 0.15) is 18.1 Å². The van der Waals surface area contributed by atoms with Crippen LogP contribution in [0.2, 0.25) is 0 Å². The van der Waals surface area contributed by atoms with E-state index in [1.54, 1.807) is 0 Å². The number of benzene rings is 2. The fourth-order valence-electron chi connectivity index (χ4n) is 1.87. The molecular weight excluding hydrogens is 360 g/mol. The van der Waals surface area contributed by atoms with Crippen LogP contribution >= 0.6 is 15.9 Å². The molecule has 0 spiro atoms. The molecule has 0 heterocycles. The zero-order valence-electron chi connectivity index (χ0n) is 12.8. The average Bonchev–Trinajstić information content (AvgIpc) is 2.53. The lowest BCUT2D eigenvalue weighted by Gasteiger charge is -2.10. The predicted octanol–water partition coefficient (Wildman–Crippen LogP) is 4.05. The summed E-state index contributed by atoms with van der Waals surface area (Å²) in [5, 5.41) is 5.49. The number of halogens is 1. The molecule has 122 valence electrons. The van der Waals surface area contributed by atoms with Crippen molar-refractivity contribution in [1.82, 2.24) is 5.32 Å². The van der Waals surface area contributed by atoms with Crippen LogP contribution in [0.1, 0.15) is 6.92 Å². The third-order valence-electron chi connectivity index (χ3n) is 2.87. The van der Waals surface area contributed by atoms with Crippen molar-refractivity contribution in [3.8, 4) is 11.5 Å². The molecule has 0 aliphatic heterocycles. The van der Waals surface area contributed by atoms with E-state index < -0.39 is 0 Å². The Labute approximate surface area is 144 Å². The van der Waals surface area contributed by atoms with Gasteiger partial charge in [0.05, 0.1) is 13.2 Å². The number of hydrogen-bond acceptors (Lipinski definition) is 3. The Bertz CT molecular complexity index is 632. The highest BCUT2D eigenvalue weighted by Gasteiger charge is 2.02. The van der Waals surface area contributed by atoms with Gasteiger partial charge in [-0.1, -0.05) is 22.0 Å². The quantitative estimate of drug-likeness (QED) is 0.714. The van der Waals surface area contributed by atoms with Crippen molar-refractivity contribution < 1.29 is 14.3 Å². The first-order valence-corrected chi connectivity index (χ1v) is 8.13. The zero-order chi connectivity index (χ0) is 16.5. The SMILES string of the molecule is CCOc1ccc(OCCNC(=O)Nc2cccc(Br)c2)cc1. The topological polar surface area (TPSA) is 59.6 Å². The molecule has 0 aliphatic rings. The third-order valence-corrected chi connectivity index (χ3v) is 3.37. The summed E-state index contributed by atoms with van der Waals surface area (Å²) in [5.74, 6) is 1.55. The first-order chi connectivity index (χ1) is 11.2. The molecule has 0 aromatic heterocycles. The van der Waals surface area contributed by atoms with Gasteiger partial charge in [-0.25, -0.2) is 4.79 Å². The normalized spacial score (nSPS) is 10.0. The third kappa shape index (κ3) is 6.20. The summed E-state index contributed by atoms with van der Waals surface area (Å²) >= 11 is 3.36. The number of carbonyl (C=O) groups is 1. The molecule has 0 bridgehead atoms. The van der Waals surface area contributed by atoms with Crippen LogP contribution in [0, 0.1) is 0 Å². The van der Waals surface area contributed by atoms with Crippen LogP contribution in [0.25, 0.3) is 0 Å². The molecule has 0 saturated heterocycles. The zero-order valence-corrected chi connectivity index (χ0v) is 14.4. The molecule has 0 radical (unpaired) electrons. The maximum atomic E-state index is 11.7. The first kappa shape index (κ1) is 17.1. The minimum Gasteiger partial charge on any atom is -0.494 e. The Balaban J connectivity index is 1.67. The van der Waals surface area contributed by atoms with E-state index in [0.717, 1.165) is 21.7 Å². The van der Waals surface area contributed by atoms with Gasteiger partial charge in [0.15, 0.2) is 0 Å². The molecule has 0 atom stereocenters. The molecule has 0 aliphatic carbocycles. The van der Waals surface area contributed by atoms with Crippen LogP contribution in [-0.4, -0.2) is 25.8 Å². The first-order valence-electron chi connectivity index (χ1n) is 7.33. The van der Waals surface area contributed by atoms with E-state index in [2.05, 4.69) is 26.6 Å². The van der Waals surface area contributed by atoms with Gasteiger partial charge in [-0.2, -0.15) is 0 Å². The molecule has 0 unspecified atom stereocenters.